The number of methoxy groups -OCH3 is 1. The number of fused-ring (bicyclic) bond motifs is 1. The maximum atomic E-state index is 12.2. The molecule has 0 spiro atoms. The Kier molecular flexibility index (Phi) is 4.84. The van der Waals surface area contributed by atoms with Crippen LogP contribution in [-0.2, 0) is 9.53 Å². The largest absolute Gasteiger partial charge is 0.481 e. The van der Waals surface area contributed by atoms with Crippen molar-refractivity contribution < 1.29 is 19.4 Å². The lowest BCUT2D eigenvalue weighted by atomic mass is 10.1. The van der Waals surface area contributed by atoms with Crippen molar-refractivity contribution in [2.75, 3.05) is 13.7 Å². The molecule has 1 heterocycles. The third-order valence-electron chi connectivity index (χ3n) is 3.11. The summed E-state index contributed by atoms with van der Waals surface area (Å²) in [5, 5.41) is 13.1. The van der Waals surface area contributed by atoms with Crippen LogP contribution in [0.1, 0.15) is 16.9 Å². The molecule has 6 nitrogen and oxygen atoms in total. The van der Waals surface area contributed by atoms with Crippen LogP contribution in [0.4, 0.5) is 0 Å². The Labute approximate surface area is 121 Å². The molecule has 0 aliphatic carbocycles. The Morgan fingerprint density at radius 1 is 1.33 bits per heavy atom. The Hall–Kier alpha value is -2.47. The number of amides is 1. The van der Waals surface area contributed by atoms with Gasteiger partial charge in [0.1, 0.15) is 5.69 Å². The molecule has 0 bridgehead atoms. The molecule has 2 aromatic rings. The van der Waals surface area contributed by atoms with Crippen LogP contribution in [-0.4, -0.2) is 41.7 Å². The van der Waals surface area contributed by atoms with Gasteiger partial charge < -0.3 is 15.2 Å². The van der Waals surface area contributed by atoms with E-state index >= 15 is 0 Å². The van der Waals surface area contributed by atoms with Crippen molar-refractivity contribution in [3.8, 4) is 0 Å². The highest BCUT2D eigenvalue weighted by Gasteiger charge is 2.16. The summed E-state index contributed by atoms with van der Waals surface area (Å²) in [7, 11) is 1.41. The molecule has 0 aliphatic heterocycles. The van der Waals surface area contributed by atoms with Gasteiger partial charge in [-0.15, -0.1) is 0 Å². The third-order valence-corrected chi connectivity index (χ3v) is 3.11. The number of pyridine rings is 1. The van der Waals surface area contributed by atoms with Crippen LogP contribution in [0.25, 0.3) is 10.8 Å². The van der Waals surface area contributed by atoms with Gasteiger partial charge in [-0.05, 0) is 11.5 Å². The lowest BCUT2D eigenvalue weighted by Crippen LogP contribution is -2.34. The maximum Gasteiger partial charge on any atom is 0.306 e. The van der Waals surface area contributed by atoms with Crippen molar-refractivity contribution in [2.45, 2.75) is 12.5 Å². The minimum absolute atomic E-state index is 0.118. The summed E-state index contributed by atoms with van der Waals surface area (Å²) < 4.78 is 5.02. The second-order valence-electron chi connectivity index (χ2n) is 4.55. The molecule has 0 radical (unpaired) electrons. The van der Waals surface area contributed by atoms with Crippen LogP contribution in [0.3, 0.4) is 0 Å². The fraction of sp³-hybridized carbons (Fsp3) is 0.267. The van der Waals surface area contributed by atoms with Crippen LogP contribution in [0.5, 0.6) is 0 Å². The summed E-state index contributed by atoms with van der Waals surface area (Å²) in [6.45, 7) is 0.118. The molecule has 6 heteroatoms. The topological polar surface area (TPSA) is 88.5 Å². The molecular weight excluding hydrogens is 272 g/mol. The van der Waals surface area contributed by atoms with Crippen molar-refractivity contribution in [1.82, 2.24) is 10.3 Å². The minimum atomic E-state index is -0.973. The van der Waals surface area contributed by atoms with E-state index in [-0.39, 0.29) is 18.9 Å². The van der Waals surface area contributed by atoms with Gasteiger partial charge in [0.05, 0.1) is 12.5 Å². The lowest BCUT2D eigenvalue weighted by molar-refractivity contribution is -0.139. The third kappa shape index (κ3) is 3.76. The van der Waals surface area contributed by atoms with Gasteiger partial charge in [-0.25, -0.2) is 0 Å². The average Bonchev–Trinajstić information content (AvgIpc) is 2.50. The number of hydrogen-bond donors (Lipinski definition) is 2. The van der Waals surface area contributed by atoms with Gasteiger partial charge in [0, 0.05) is 25.2 Å². The zero-order chi connectivity index (χ0) is 15.2. The van der Waals surface area contributed by atoms with Gasteiger partial charge >= 0.3 is 5.97 Å². The van der Waals surface area contributed by atoms with Gasteiger partial charge in [-0.3, -0.25) is 14.6 Å². The van der Waals surface area contributed by atoms with Crippen LogP contribution in [0.2, 0.25) is 0 Å². The van der Waals surface area contributed by atoms with E-state index < -0.39 is 12.1 Å². The number of carboxylic acids is 1. The standard InChI is InChI=1S/C15H16N2O4/c1-21-11(8-13(18)19)9-17-15(20)14-12-5-3-2-4-10(12)6-7-16-14/h2-7,11H,8-9H2,1H3,(H,17,20)(H,18,19). The first kappa shape index (κ1) is 14.9. The van der Waals surface area contributed by atoms with Gasteiger partial charge in [0.2, 0.25) is 0 Å². The number of ether oxygens (including phenoxy) is 1. The van der Waals surface area contributed by atoms with E-state index in [0.29, 0.717) is 5.69 Å². The summed E-state index contributed by atoms with van der Waals surface area (Å²) in [5.41, 5.74) is 0.318. The summed E-state index contributed by atoms with van der Waals surface area (Å²) >= 11 is 0. The number of carbonyl (C=O) groups is 2. The first-order valence-corrected chi connectivity index (χ1v) is 6.48. The predicted octanol–water partition coefficient (Wildman–Crippen LogP) is 1.45. The highest BCUT2D eigenvalue weighted by molar-refractivity contribution is 6.05. The molecule has 0 saturated heterocycles. The van der Waals surface area contributed by atoms with E-state index in [1.807, 2.05) is 30.3 Å². The predicted molar refractivity (Wildman–Crippen MR) is 77.1 cm³/mol. The van der Waals surface area contributed by atoms with Gasteiger partial charge in [-0.1, -0.05) is 24.3 Å². The average molecular weight is 288 g/mol. The zero-order valence-corrected chi connectivity index (χ0v) is 11.6. The van der Waals surface area contributed by atoms with Crippen molar-refractivity contribution in [1.29, 1.82) is 0 Å². The van der Waals surface area contributed by atoms with E-state index in [1.165, 1.54) is 7.11 Å². The second-order valence-corrected chi connectivity index (χ2v) is 4.55. The van der Waals surface area contributed by atoms with Crippen LogP contribution < -0.4 is 5.32 Å². The Morgan fingerprint density at radius 3 is 2.81 bits per heavy atom. The number of benzene rings is 1. The summed E-state index contributed by atoms with van der Waals surface area (Å²) in [5.74, 6) is -1.32. The molecule has 2 N–H and O–H groups in total. The number of nitrogens with one attached hydrogen (secondary N) is 1. The SMILES string of the molecule is COC(CNC(=O)c1nccc2ccccc12)CC(=O)O. The molecule has 110 valence electrons. The van der Waals surface area contributed by atoms with E-state index in [2.05, 4.69) is 10.3 Å². The second kappa shape index (κ2) is 6.81. The van der Waals surface area contributed by atoms with Crippen LogP contribution in [0.15, 0.2) is 36.5 Å². The first-order chi connectivity index (χ1) is 10.1. The van der Waals surface area contributed by atoms with Gasteiger partial charge in [-0.2, -0.15) is 0 Å². The summed E-state index contributed by atoms with van der Waals surface area (Å²) in [6, 6.07) is 9.27. The Bertz CT molecular complexity index is 652. The molecule has 0 saturated carbocycles. The monoisotopic (exact) mass is 288 g/mol. The quantitative estimate of drug-likeness (QED) is 0.840. The first-order valence-electron chi connectivity index (χ1n) is 6.48. The van der Waals surface area contributed by atoms with Crippen molar-refractivity contribution in [3.05, 3.63) is 42.2 Å². The summed E-state index contributed by atoms with van der Waals surface area (Å²) in [6.07, 6.45) is 0.837. The molecule has 1 unspecified atom stereocenters. The number of hydrogen-bond acceptors (Lipinski definition) is 4. The van der Waals surface area contributed by atoms with E-state index in [0.717, 1.165) is 10.8 Å². The van der Waals surface area contributed by atoms with Crippen LogP contribution in [0, 0.1) is 0 Å². The van der Waals surface area contributed by atoms with E-state index in [1.54, 1.807) is 6.20 Å². The highest BCUT2D eigenvalue weighted by Crippen LogP contribution is 2.16. The number of carbonyl (C=O) groups excluding carboxylic acids is 1. The lowest BCUT2D eigenvalue weighted by Gasteiger charge is -2.14. The Morgan fingerprint density at radius 2 is 2.10 bits per heavy atom. The highest BCUT2D eigenvalue weighted by atomic mass is 16.5. The molecule has 21 heavy (non-hydrogen) atoms. The normalized spacial score (nSPS) is 12.0. The fourth-order valence-electron chi connectivity index (χ4n) is 2.02. The number of nitrogens with zero attached hydrogens (tertiary/aromatic N) is 1. The maximum absolute atomic E-state index is 12.2. The van der Waals surface area contributed by atoms with Gasteiger partial charge in [0.25, 0.3) is 5.91 Å². The molecular formula is C15H16N2O4. The zero-order valence-electron chi connectivity index (χ0n) is 11.6. The molecule has 0 aliphatic rings. The van der Waals surface area contributed by atoms with E-state index in [9.17, 15) is 9.59 Å². The van der Waals surface area contributed by atoms with E-state index in [4.69, 9.17) is 9.84 Å². The fourth-order valence-corrected chi connectivity index (χ4v) is 2.02. The van der Waals surface area contributed by atoms with Crippen molar-refractivity contribution in [2.24, 2.45) is 0 Å². The number of rotatable bonds is 6. The molecule has 1 aromatic heterocycles. The molecule has 1 atom stereocenters. The van der Waals surface area contributed by atoms with Crippen molar-refractivity contribution >= 4 is 22.6 Å². The van der Waals surface area contributed by atoms with Crippen LogP contribution >= 0.6 is 0 Å². The summed E-state index contributed by atoms with van der Waals surface area (Å²) in [4.78, 5) is 26.9. The molecule has 2 rings (SSSR count). The molecule has 0 fully saturated rings. The number of carboxylic acid groups (broad SMARTS) is 1. The van der Waals surface area contributed by atoms with Crippen molar-refractivity contribution in [3.63, 3.8) is 0 Å². The Balaban J connectivity index is 2.10. The number of aromatic nitrogens is 1. The number of aliphatic carboxylic acids is 1. The molecule has 1 amide bonds. The minimum Gasteiger partial charge on any atom is -0.481 e. The smallest absolute Gasteiger partial charge is 0.306 e. The molecule has 1 aromatic carbocycles. The van der Waals surface area contributed by atoms with Gasteiger partial charge in [0.15, 0.2) is 0 Å².